The highest BCUT2D eigenvalue weighted by molar-refractivity contribution is 7.07. The first-order valence-corrected chi connectivity index (χ1v) is 16.4. The molecule has 0 amide bonds. The fourth-order valence-corrected chi connectivity index (χ4v) is 6.86. The Morgan fingerprint density at radius 3 is 2.48 bits per heavy atom. The highest BCUT2D eigenvalue weighted by Crippen LogP contribution is 2.36. The number of hydrogen-bond donors (Lipinski definition) is 0. The van der Waals surface area contributed by atoms with Gasteiger partial charge in [-0.05, 0) is 56.2 Å². The molecule has 2 aromatic heterocycles. The van der Waals surface area contributed by atoms with E-state index in [9.17, 15) is 14.4 Å². The van der Waals surface area contributed by atoms with E-state index in [1.807, 2.05) is 49.4 Å². The molecule has 0 fully saturated rings. The Bertz CT molecular complexity index is 2210. The predicted molar refractivity (Wildman–Crippen MR) is 183 cm³/mol. The van der Waals surface area contributed by atoms with Crippen LogP contribution in [0.2, 0.25) is 0 Å². The van der Waals surface area contributed by atoms with Crippen LogP contribution in [0.1, 0.15) is 43.5 Å². The fourth-order valence-electron chi connectivity index (χ4n) is 5.83. The summed E-state index contributed by atoms with van der Waals surface area (Å²) < 4.78 is 25.9. The Labute approximate surface area is 280 Å². The second-order valence-corrected chi connectivity index (χ2v) is 12.0. The summed E-state index contributed by atoms with van der Waals surface area (Å²) in [7, 11) is 1.28. The van der Waals surface area contributed by atoms with Gasteiger partial charge in [0.15, 0.2) is 22.9 Å². The van der Waals surface area contributed by atoms with Crippen LogP contribution in [0.4, 0.5) is 0 Å². The maximum atomic E-state index is 14.3. The van der Waals surface area contributed by atoms with E-state index in [0.29, 0.717) is 45.2 Å². The minimum absolute atomic E-state index is 0.157. The monoisotopic (exact) mass is 665 g/mol. The van der Waals surface area contributed by atoms with Gasteiger partial charge in [-0.15, -0.1) is 0 Å². The first-order valence-electron chi connectivity index (χ1n) is 15.6. The maximum absolute atomic E-state index is 14.3. The average Bonchev–Trinajstić information content (AvgIpc) is 3.59. The lowest BCUT2D eigenvalue weighted by atomic mass is 9.95. The summed E-state index contributed by atoms with van der Waals surface area (Å²) in [5.74, 6) is -0.431. The Balaban J connectivity index is 1.49. The van der Waals surface area contributed by atoms with Crippen LogP contribution in [0.25, 0.3) is 17.0 Å². The number of ether oxygens (including phenoxy) is 4. The maximum Gasteiger partial charge on any atom is 0.343 e. The van der Waals surface area contributed by atoms with E-state index in [4.69, 9.17) is 23.9 Å². The fraction of sp³-hybridized carbons (Fsp3) is 0.243. The van der Waals surface area contributed by atoms with Gasteiger partial charge >= 0.3 is 11.9 Å². The van der Waals surface area contributed by atoms with E-state index in [2.05, 4.69) is 29.0 Å². The minimum atomic E-state index is -0.851. The number of methoxy groups -OCH3 is 1. The molecular weight excluding hydrogens is 630 g/mol. The summed E-state index contributed by atoms with van der Waals surface area (Å²) in [6, 6.07) is 22.6. The van der Waals surface area contributed by atoms with Crippen LogP contribution in [-0.4, -0.2) is 48.0 Å². The molecule has 3 heterocycles. The molecule has 11 heteroatoms. The quantitative estimate of drug-likeness (QED) is 0.187. The van der Waals surface area contributed by atoms with Crippen LogP contribution >= 0.6 is 11.3 Å². The molecule has 246 valence electrons. The summed E-state index contributed by atoms with van der Waals surface area (Å²) in [5.41, 5.74) is 4.12. The molecular formula is C37H35N3O7S. The van der Waals surface area contributed by atoms with Crippen LogP contribution in [-0.2, 0) is 25.6 Å². The van der Waals surface area contributed by atoms with E-state index in [-0.39, 0.29) is 24.3 Å². The van der Waals surface area contributed by atoms with Gasteiger partial charge in [0.1, 0.15) is 0 Å². The number of hydrogen-bond acceptors (Lipinski definition) is 9. The van der Waals surface area contributed by atoms with Crippen molar-refractivity contribution in [1.82, 2.24) is 9.13 Å². The van der Waals surface area contributed by atoms with Crippen LogP contribution < -0.4 is 24.4 Å². The van der Waals surface area contributed by atoms with E-state index >= 15 is 0 Å². The van der Waals surface area contributed by atoms with Crippen molar-refractivity contribution in [2.24, 2.45) is 4.99 Å². The molecule has 6 rings (SSSR count). The van der Waals surface area contributed by atoms with Gasteiger partial charge in [-0.2, -0.15) is 0 Å². The zero-order chi connectivity index (χ0) is 33.8. The van der Waals surface area contributed by atoms with Gasteiger partial charge in [0.2, 0.25) is 0 Å². The second kappa shape index (κ2) is 14.1. The third kappa shape index (κ3) is 6.41. The average molecular weight is 666 g/mol. The zero-order valence-electron chi connectivity index (χ0n) is 27.1. The normalized spacial score (nSPS) is 14.4. The van der Waals surface area contributed by atoms with Crippen molar-refractivity contribution in [3.05, 3.63) is 127 Å². The van der Waals surface area contributed by atoms with Gasteiger partial charge in [0.05, 0.1) is 42.2 Å². The molecule has 0 aliphatic carbocycles. The standard InChI is InChI=1S/C37H35N3O7S/c1-5-45-30-18-25(16-17-29(30)47-22-32(41)44-4)34-33(36(43)46-6-2)23(3)38-37-40(34)35(42)31(48-37)19-26-21-39(20-24-12-8-7-9-13-24)28-15-11-10-14-27(26)28/h7-19,21,34H,5-6,20,22H2,1-4H3/b31-19+/t34-/m0/s1. The number of carbonyl (C=O) groups excluding carboxylic acids is 2. The highest BCUT2D eigenvalue weighted by atomic mass is 32.1. The Hall–Kier alpha value is -5.42. The Kier molecular flexibility index (Phi) is 9.58. The first-order chi connectivity index (χ1) is 23.3. The minimum Gasteiger partial charge on any atom is -0.490 e. The molecule has 0 radical (unpaired) electrons. The van der Waals surface area contributed by atoms with Crippen LogP contribution in [0.15, 0.2) is 100 Å². The zero-order valence-corrected chi connectivity index (χ0v) is 27.9. The van der Waals surface area contributed by atoms with Gasteiger partial charge in [-0.1, -0.05) is 65.9 Å². The van der Waals surface area contributed by atoms with E-state index in [0.717, 1.165) is 16.5 Å². The molecule has 0 unspecified atom stereocenters. The Morgan fingerprint density at radius 1 is 0.958 bits per heavy atom. The predicted octanol–water partition coefficient (Wildman–Crippen LogP) is 4.75. The lowest BCUT2D eigenvalue weighted by molar-refractivity contribution is -0.143. The summed E-state index contributed by atoms with van der Waals surface area (Å²) in [4.78, 5) is 44.7. The van der Waals surface area contributed by atoms with Crippen molar-refractivity contribution in [2.75, 3.05) is 26.9 Å². The molecule has 0 saturated carbocycles. The molecule has 0 N–H and O–H groups in total. The number of allylic oxidation sites excluding steroid dienone is 1. The van der Waals surface area contributed by atoms with Gasteiger partial charge in [-0.25, -0.2) is 14.6 Å². The summed E-state index contributed by atoms with van der Waals surface area (Å²) >= 11 is 1.26. The van der Waals surface area contributed by atoms with Gasteiger partial charge in [-0.3, -0.25) is 9.36 Å². The third-order valence-corrected chi connectivity index (χ3v) is 8.96. The molecule has 3 aromatic carbocycles. The third-order valence-electron chi connectivity index (χ3n) is 7.98. The highest BCUT2D eigenvalue weighted by Gasteiger charge is 2.34. The van der Waals surface area contributed by atoms with Gasteiger partial charge in [0, 0.05) is 29.2 Å². The number of esters is 2. The molecule has 48 heavy (non-hydrogen) atoms. The lowest BCUT2D eigenvalue weighted by Gasteiger charge is -2.25. The van der Waals surface area contributed by atoms with Gasteiger partial charge in [0.25, 0.3) is 5.56 Å². The van der Waals surface area contributed by atoms with Crippen LogP contribution in [0, 0.1) is 0 Å². The summed E-state index contributed by atoms with van der Waals surface area (Å²) in [5, 5.41) is 1.02. The van der Waals surface area contributed by atoms with Crippen molar-refractivity contribution in [1.29, 1.82) is 0 Å². The molecule has 0 spiro atoms. The molecule has 1 atom stereocenters. The van der Waals surface area contributed by atoms with Gasteiger partial charge < -0.3 is 23.5 Å². The smallest absolute Gasteiger partial charge is 0.343 e. The lowest BCUT2D eigenvalue weighted by Crippen LogP contribution is -2.40. The molecule has 10 nitrogen and oxygen atoms in total. The molecule has 0 bridgehead atoms. The Morgan fingerprint density at radius 2 is 1.73 bits per heavy atom. The summed E-state index contributed by atoms with van der Waals surface area (Å²) in [6.45, 7) is 6.14. The summed E-state index contributed by atoms with van der Waals surface area (Å²) in [6.07, 6.45) is 3.95. The van der Waals surface area contributed by atoms with Crippen LogP contribution in [0.3, 0.4) is 0 Å². The second-order valence-electron chi connectivity index (χ2n) is 11.0. The van der Waals surface area contributed by atoms with Crippen molar-refractivity contribution < 1.29 is 28.5 Å². The van der Waals surface area contributed by atoms with Crippen molar-refractivity contribution in [3.8, 4) is 11.5 Å². The number of nitrogens with zero attached hydrogens (tertiary/aromatic N) is 3. The molecule has 0 saturated heterocycles. The topological polar surface area (TPSA) is 110 Å². The number of rotatable bonds is 11. The largest absolute Gasteiger partial charge is 0.490 e. The molecule has 1 aliphatic rings. The van der Waals surface area contributed by atoms with Crippen molar-refractivity contribution in [2.45, 2.75) is 33.4 Å². The molecule has 5 aromatic rings. The number of carbonyl (C=O) groups is 2. The SMILES string of the molecule is CCOC(=O)C1=C(C)N=c2s/c(=C/c3cn(Cc4ccccc4)c4ccccc34)c(=O)n2[C@H]1c1ccc(OCC(=O)OC)c(OCC)c1. The molecule has 1 aliphatic heterocycles. The number of fused-ring (bicyclic) bond motifs is 2. The van der Waals surface area contributed by atoms with E-state index in [1.165, 1.54) is 24.0 Å². The number of thiazole rings is 1. The van der Waals surface area contributed by atoms with E-state index < -0.39 is 18.0 Å². The number of para-hydroxylation sites is 1. The first kappa shape index (κ1) is 32.5. The van der Waals surface area contributed by atoms with E-state index in [1.54, 1.807) is 36.6 Å². The van der Waals surface area contributed by atoms with Crippen molar-refractivity contribution in [3.63, 3.8) is 0 Å². The number of benzene rings is 3. The van der Waals surface area contributed by atoms with Crippen molar-refractivity contribution >= 4 is 40.3 Å². The van der Waals surface area contributed by atoms with Crippen LogP contribution in [0.5, 0.6) is 11.5 Å². The number of aromatic nitrogens is 2.